The van der Waals surface area contributed by atoms with Gasteiger partial charge in [0.25, 0.3) is 0 Å². The van der Waals surface area contributed by atoms with Crippen LogP contribution in [0.15, 0.2) is 24.3 Å². The molecule has 2 aliphatic rings. The largest absolute Gasteiger partial charge is 0.416 e. The Bertz CT molecular complexity index is 885. The topological polar surface area (TPSA) is 59.0 Å². The number of hydrogen-bond donors (Lipinski definition) is 2. The fourth-order valence-electron chi connectivity index (χ4n) is 4.41. The number of rotatable bonds is 4. The molecule has 0 unspecified atom stereocenters. The number of nitrogens with zero attached hydrogens (tertiary/aromatic N) is 2. The van der Waals surface area contributed by atoms with Crippen molar-refractivity contribution in [1.82, 2.24) is 15.1 Å². The molecule has 0 radical (unpaired) electrons. The number of urea groups is 1. The molecule has 2 amide bonds. The Labute approximate surface area is 167 Å². The number of nitrogens with one attached hydrogen (secondary N) is 2. The minimum Gasteiger partial charge on any atom is -0.332 e. The van der Waals surface area contributed by atoms with Crippen LogP contribution in [0.25, 0.3) is 0 Å². The van der Waals surface area contributed by atoms with Crippen molar-refractivity contribution in [2.24, 2.45) is 0 Å². The van der Waals surface area contributed by atoms with Crippen molar-refractivity contribution in [1.29, 1.82) is 0 Å². The summed E-state index contributed by atoms with van der Waals surface area (Å²) in [5.74, 6) is 0. The Morgan fingerprint density at radius 1 is 1.14 bits per heavy atom. The molecule has 0 atom stereocenters. The monoisotopic (exact) mass is 406 g/mol. The van der Waals surface area contributed by atoms with Crippen LogP contribution in [0.3, 0.4) is 0 Å². The molecule has 5 nitrogen and oxygen atoms in total. The first-order valence-electron chi connectivity index (χ1n) is 10.2. The van der Waals surface area contributed by atoms with Crippen molar-refractivity contribution in [3.05, 3.63) is 46.8 Å². The Balaban J connectivity index is 1.43. The smallest absolute Gasteiger partial charge is 0.332 e. The molecule has 1 aromatic carbocycles. The van der Waals surface area contributed by atoms with Crippen LogP contribution >= 0.6 is 0 Å². The maximum atomic E-state index is 12.8. The zero-order valence-electron chi connectivity index (χ0n) is 16.2. The van der Waals surface area contributed by atoms with Gasteiger partial charge in [0.05, 0.1) is 23.8 Å². The molecule has 29 heavy (non-hydrogen) atoms. The molecule has 156 valence electrons. The number of alkyl halides is 3. The van der Waals surface area contributed by atoms with Crippen LogP contribution in [0.4, 0.5) is 23.7 Å². The lowest BCUT2D eigenvalue weighted by atomic mass is 9.95. The fraction of sp³-hybridized carbons (Fsp3) is 0.524. The van der Waals surface area contributed by atoms with Gasteiger partial charge in [0.1, 0.15) is 0 Å². The molecule has 4 rings (SSSR count). The van der Waals surface area contributed by atoms with E-state index in [-0.39, 0.29) is 12.2 Å². The van der Waals surface area contributed by atoms with Gasteiger partial charge in [-0.05, 0) is 62.3 Å². The minimum atomic E-state index is -4.44. The Hall–Kier alpha value is -2.51. The van der Waals surface area contributed by atoms with Gasteiger partial charge in [0, 0.05) is 11.4 Å². The lowest BCUT2D eigenvalue weighted by molar-refractivity contribution is -0.137. The molecule has 1 fully saturated rings. The van der Waals surface area contributed by atoms with E-state index in [0.717, 1.165) is 56.4 Å². The van der Waals surface area contributed by atoms with E-state index in [1.54, 1.807) is 0 Å². The van der Waals surface area contributed by atoms with Gasteiger partial charge in [-0.2, -0.15) is 18.3 Å². The van der Waals surface area contributed by atoms with E-state index in [0.29, 0.717) is 6.04 Å². The summed E-state index contributed by atoms with van der Waals surface area (Å²) in [6.45, 7) is 0.271. The Kier molecular flexibility index (Phi) is 5.52. The van der Waals surface area contributed by atoms with Gasteiger partial charge in [-0.15, -0.1) is 0 Å². The summed E-state index contributed by atoms with van der Waals surface area (Å²) in [7, 11) is 0. The second kappa shape index (κ2) is 8.08. The number of amides is 2. The average molecular weight is 406 g/mol. The highest BCUT2D eigenvalue weighted by Crippen LogP contribution is 2.34. The van der Waals surface area contributed by atoms with Crippen LogP contribution < -0.4 is 10.6 Å². The number of fused-ring (bicyclic) bond motifs is 1. The summed E-state index contributed by atoms with van der Waals surface area (Å²) >= 11 is 0. The highest BCUT2D eigenvalue weighted by Gasteiger charge is 2.30. The first-order valence-corrected chi connectivity index (χ1v) is 10.2. The van der Waals surface area contributed by atoms with Crippen molar-refractivity contribution in [3.8, 4) is 0 Å². The third-order valence-corrected chi connectivity index (χ3v) is 5.83. The number of carbonyl (C=O) groups excluding carboxylic acids is 1. The number of anilines is 1. The lowest BCUT2D eigenvalue weighted by Gasteiger charge is -2.18. The number of carbonyl (C=O) groups is 1. The zero-order valence-corrected chi connectivity index (χ0v) is 16.2. The van der Waals surface area contributed by atoms with Crippen molar-refractivity contribution in [2.45, 2.75) is 70.1 Å². The standard InChI is InChI=1S/C21H25F3N4O/c22-21(23,24)14-6-5-7-15(12-14)26-20(29)25-13-18-17-10-3-4-11-19(17)28(27-18)16-8-1-2-9-16/h5-7,12,16H,1-4,8-11,13H2,(H2,25,26,29). The molecule has 0 bridgehead atoms. The molecule has 0 saturated heterocycles. The predicted molar refractivity (Wildman–Crippen MR) is 104 cm³/mol. The molecular weight excluding hydrogens is 381 g/mol. The summed E-state index contributed by atoms with van der Waals surface area (Å²) in [5, 5.41) is 10.1. The second-order valence-corrected chi connectivity index (χ2v) is 7.85. The van der Waals surface area contributed by atoms with Gasteiger partial charge in [0.15, 0.2) is 0 Å². The highest BCUT2D eigenvalue weighted by atomic mass is 19.4. The summed E-state index contributed by atoms with van der Waals surface area (Å²) in [4.78, 5) is 12.2. The van der Waals surface area contributed by atoms with E-state index < -0.39 is 17.8 Å². The first-order chi connectivity index (χ1) is 13.9. The molecule has 2 aliphatic carbocycles. The molecule has 0 spiro atoms. The van der Waals surface area contributed by atoms with Crippen LogP contribution in [0, 0.1) is 0 Å². The predicted octanol–water partition coefficient (Wildman–Crippen LogP) is 5.22. The number of aromatic nitrogens is 2. The lowest BCUT2D eigenvalue weighted by Crippen LogP contribution is -2.29. The zero-order chi connectivity index (χ0) is 20.4. The van der Waals surface area contributed by atoms with Gasteiger partial charge in [-0.1, -0.05) is 18.9 Å². The van der Waals surface area contributed by atoms with Crippen LogP contribution in [0.1, 0.15) is 67.1 Å². The van der Waals surface area contributed by atoms with Crippen molar-refractivity contribution in [2.75, 3.05) is 5.32 Å². The van der Waals surface area contributed by atoms with Gasteiger partial charge in [-0.25, -0.2) is 4.79 Å². The number of hydrogen-bond acceptors (Lipinski definition) is 2. The highest BCUT2D eigenvalue weighted by molar-refractivity contribution is 5.89. The van der Waals surface area contributed by atoms with Crippen molar-refractivity contribution < 1.29 is 18.0 Å². The van der Waals surface area contributed by atoms with E-state index >= 15 is 0 Å². The SMILES string of the molecule is O=C(NCc1nn(C2CCCC2)c2c1CCCC2)Nc1cccc(C(F)(F)F)c1. The third kappa shape index (κ3) is 4.41. The summed E-state index contributed by atoms with van der Waals surface area (Å²) in [6.07, 6.45) is 4.58. The summed E-state index contributed by atoms with van der Waals surface area (Å²) < 4.78 is 40.7. The second-order valence-electron chi connectivity index (χ2n) is 7.85. The summed E-state index contributed by atoms with van der Waals surface area (Å²) in [6, 6.07) is 4.53. The van der Waals surface area contributed by atoms with Crippen molar-refractivity contribution in [3.63, 3.8) is 0 Å². The van der Waals surface area contributed by atoms with Crippen LogP contribution in [0.5, 0.6) is 0 Å². The third-order valence-electron chi connectivity index (χ3n) is 5.83. The number of benzene rings is 1. The molecular formula is C21H25F3N4O. The van der Waals surface area contributed by atoms with Crippen LogP contribution in [-0.4, -0.2) is 15.8 Å². The van der Waals surface area contributed by atoms with Crippen LogP contribution in [0.2, 0.25) is 0 Å². The molecule has 1 heterocycles. The van der Waals surface area contributed by atoms with E-state index in [9.17, 15) is 18.0 Å². The Morgan fingerprint density at radius 3 is 2.66 bits per heavy atom. The number of halogens is 3. The molecule has 2 aromatic rings. The fourth-order valence-corrected chi connectivity index (χ4v) is 4.41. The minimum absolute atomic E-state index is 0.107. The first kappa shape index (κ1) is 19.8. The van der Waals surface area contributed by atoms with Gasteiger partial charge < -0.3 is 10.6 Å². The Morgan fingerprint density at radius 2 is 1.90 bits per heavy atom. The molecule has 2 N–H and O–H groups in total. The van der Waals surface area contributed by atoms with Gasteiger partial charge in [-0.3, -0.25) is 4.68 Å². The molecule has 1 aromatic heterocycles. The van der Waals surface area contributed by atoms with E-state index in [2.05, 4.69) is 15.3 Å². The van der Waals surface area contributed by atoms with E-state index in [1.807, 2.05) is 0 Å². The molecule has 8 heteroatoms. The van der Waals surface area contributed by atoms with Gasteiger partial charge >= 0.3 is 12.2 Å². The maximum Gasteiger partial charge on any atom is 0.416 e. The quantitative estimate of drug-likeness (QED) is 0.732. The van der Waals surface area contributed by atoms with Crippen molar-refractivity contribution >= 4 is 11.7 Å². The van der Waals surface area contributed by atoms with Crippen LogP contribution in [-0.2, 0) is 25.6 Å². The normalized spacial score (nSPS) is 17.2. The maximum absolute atomic E-state index is 12.8. The average Bonchev–Trinajstić information content (AvgIpc) is 3.34. The van der Waals surface area contributed by atoms with Gasteiger partial charge in [0.2, 0.25) is 0 Å². The summed E-state index contributed by atoms with van der Waals surface area (Å²) in [5.41, 5.74) is 2.74. The van der Waals surface area contributed by atoms with E-state index in [4.69, 9.17) is 5.10 Å². The van der Waals surface area contributed by atoms with E-state index in [1.165, 1.54) is 36.2 Å². The molecule has 0 aliphatic heterocycles. The molecule has 1 saturated carbocycles.